The van der Waals surface area contributed by atoms with Gasteiger partial charge in [0.05, 0.1) is 22.8 Å². The molecular formula is C20H28N4O4S. The minimum Gasteiger partial charge on any atom is -0.373 e. The molecule has 0 saturated carbocycles. The highest BCUT2D eigenvalue weighted by molar-refractivity contribution is 7.89. The van der Waals surface area contributed by atoms with Crippen LogP contribution in [0, 0.1) is 6.92 Å². The highest BCUT2D eigenvalue weighted by atomic mass is 32.2. The summed E-state index contributed by atoms with van der Waals surface area (Å²) in [5.41, 5.74) is 1.19. The molecule has 9 heteroatoms. The Kier molecular flexibility index (Phi) is 6.11. The lowest BCUT2D eigenvalue weighted by Crippen LogP contribution is -2.48. The smallest absolute Gasteiger partial charge is 0.256 e. The first-order valence-corrected chi connectivity index (χ1v) is 11.1. The summed E-state index contributed by atoms with van der Waals surface area (Å²) in [7, 11) is -3.64. The molecule has 1 aromatic carbocycles. The van der Waals surface area contributed by atoms with E-state index < -0.39 is 10.0 Å². The van der Waals surface area contributed by atoms with E-state index in [0.717, 1.165) is 5.69 Å². The Hall–Kier alpha value is -2.23. The lowest BCUT2D eigenvalue weighted by molar-refractivity contribution is -0.0440. The van der Waals surface area contributed by atoms with Crippen molar-refractivity contribution in [2.45, 2.75) is 57.8 Å². The third-order valence-electron chi connectivity index (χ3n) is 4.73. The van der Waals surface area contributed by atoms with E-state index >= 15 is 0 Å². The summed E-state index contributed by atoms with van der Waals surface area (Å²) >= 11 is 0. The topological polar surface area (TPSA) is 93.5 Å². The van der Waals surface area contributed by atoms with E-state index in [9.17, 15) is 13.2 Å². The minimum atomic E-state index is -3.64. The molecule has 0 unspecified atom stereocenters. The van der Waals surface area contributed by atoms with Gasteiger partial charge in [-0.1, -0.05) is 0 Å². The number of carbonyl (C=O) groups excluding carboxylic acids is 1. The fourth-order valence-electron chi connectivity index (χ4n) is 3.45. The van der Waals surface area contributed by atoms with Crippen LogP contribution >= 0.6 is 0 Å². The number of aromatic nitrogens is 2. The number of aryl methyl sites for hydroxylation is 1. The average molecular weight is 421 g/mol. The average Bonchev–Trinajstić information content (AvgIpc) is 3.01. The van der Waals surface area contributed by atoms with E-state index in [1.807, 2.05) is 34.6 Å². The molecule has 2 aromatic rings. The first kappa shape index (κ1) is 21.5. The second-order valence-electron chi connectivity index (χ2n) is 7.77. The molecule has 0 spiro atoms. The summed E-state index contributed by atoms with van der Waals surface area (Å²) in [4.78, 5) is 12.8. The van der Waals surface area contributed by atoms with E-state index in [-0.39, 0.29) is 29.1 Å². The molecule has 0 bridgehead atoms. The molecule has 29 heavy (non-hydrogen) atoms. The fraction of sp³-hybridized carbons (Fsp3) is 0.500. The normalized spacial score (nSPS) is 20.8. The van der Waals surface area contributed by atoms with Gasteiger partial charge in [-0.2, -0.15) is 9.40 Å². The third-order valence-corrected chi connectivity index (χ3v) is 6.57. The molecule has 1 aromatic heterocycles. The molecule has 1 amide bonds. The Bertz CT molecular complexity index is 972. The number of ether oxygens (including phenoxy) is 1. The molecule has 1 fully saturated rings. The predicted octanol–water partition coefficient (Wildman–Crippen LogP) is 2.82. The SMILES string of the molecule is Cc1cc(NC(=O)c2ccc(S(=O)(=O)N3C[C@H](C)O[C@@H](C)C3)cc2)n(C(C)C)n1. The number of hydrogen-bond acceptors (Lipinski definition) is 5. The Morgan fingerprint density at radius 2 is 1.76 bits per heavy atom. The van der Waals surface area contributed by atoms with Crippen LogP contribution in [0.25, 0.3) is 0 Å². The molecule has 2 atom stereocenters. The number of benzene rings is 1. The number of rotatable bonds is 5. The number of amides is 1. The van der Waals surface area contributed by atoms with Gasteiger partial charge in [-0.25, -0.2) is 13.1 Å². The van der Waals surface area contributed by atoms with Gasteiger partial charge in [-0.05, 0) is 58.9 Å². The third kappa shape index (κ3) is 4.68. The van der Waals surface area contributed by atoms with Crippen molar-refractivity contribution >= 4 is 21.7 Å². The molecule has 158 valence electrons. The number of morpholine rings is 1. The first-order chi connectivity index (χ1) is 13.6. The number of carbonyl (C=O) groups is 1. The van der Waals surface area contributed by atoms with E-state index in [4.69, 9.17) is 4.74 Å². The van der Waals surface area contributed by atoms with Gasteiger partial charge in [0.1, 0.15) is 5.82 Å². The van der Waals surface area contributed by atoms with Gasteiger partial charge < -0.3 is 10.1 Å². The maximum absolute atomic E-state index is 12.9. The highest BCUT2D eigenvalue weighted by Gasteiger charge is 2.32. The molecule has 1 saturated heterocycles. The van der Waals surface area contributed by atoms with E-state index in [1.165, 1.54) is 28.6 Å². The molecule has 1 N–H and O–H groups in total. The zero-order chi connectivity index (χ0) is 21.3. The monoisotopic (exact) mass is 420 g/mol. The lowest BCUT2D eigenvalue weighted by Gasteiger charge is -2.34. The van der Waals surface area contributed by atoms with Crippen molar-refractivity contribution in [2.75, 3.05) is 18.4 Å². The van der Waals surface area contributed by atoms with Gasteiger partial charge >= 0.3 is 0 Å². The summed E-state index contributed by atoms with van der Waals surface area (Å²) < 4.78 is 34.7. The number of nitrogens with zero attached hydrogens (tertiary/aromatic N) is 3. The molecule has 0 radical (unpaired) electrons. The highest BCUT2D eigenvalue weighted by Crippen LogP contribution is 2.22. The van der Waals surface area contributed by atoms with E-state index in [1.54, 1.807) is 10.7 Å². The van der Waals surface area contributed by atoms with Crippen LogP contribution in [0.15, 0.2) is 35.2 Å². The molecular weight excluding hydrogens is 392 g/mol. The van der Waals surface area contributed by atoms with Gasteiger partial charge in [0.15, 0.2) is 0 Å². The molecule has 0 aliphatic carbocycles. The molecule has 2 heterocycles. The van der Waals surface area contributed by atoms with Crippen LogP contribution in [0.3, 0.4) is 0 Å². The van der Waals surface area contributed by atoms with Crippen molar-refractivity contribution < 1.29 is 17.9 Å². The second-order valence-corrected chi connectivity index (χ2v) is 9.71. The summed E-state index contributed by atoms with van der Waals surface area (Å²) in [5, 5.41) is 7.22. The summed E-state index contributed by atoms with van der Waals surface area (Å²) in [5.74, 6) is 0.292. The van der Waals surface area contributed by atoms with Crippen molar-refractivity contribution in [3.05, 3.63) is 41.6 Å². The number of sulfonamides is 1. The second kappa shape index (κ2) is 8.25. The lowest BCUT2D eigenvalue weighted by atomic mass is 10.2. The van der Waals surface area contributed by atoms with Crippen LogP contribution in [-0.2, 0) is 14.8 Å². The van der Waals surface area contributed by atoms with Crippen LogP contribution in [-0.4, -0.2) is 53.7 Å². The van der Waals surface area contributed by atoms with Crippen molar-refractivity contribution in [3.63, 3.8) is 0 Å². The van der Waals surface area contributed by atoms with Crippen molar-refractivity contribution in [1.82, 2.24) is 14.1 Å². The number of hydrogen-bond donors (Lipinski definition) is 1. The zero-order valence-corrected chi connectivity index (χ0v) is 18.2. The number of anilines is 1. The van der Waals surface area contributed by atoms with Crippen molar-refractivity contribution in [2.24, 2.45) is 0 Å². The Morgan fingerprint density at radius 1 is 1.17 bits per heavy atom. The summed E-state index contributed by atoms with van der Waals surface area (Å²) in [6, 6.07) is 7.90. The quantitative estimate of drug-likeness (QED) is 0.803. The van der Waals surface area contributed by atoms with Crippen LogP contribution in [0.1, 0.15) is 49.8 Å². The van der Waals surface area contributed by atoms with Crippen molar-refractivity contribution in [3.8, 4) is 0 Å². The van der Waals surface area contributed by atoms with E-state index in [2.05, 4.69) is 10.4 Å². The van der Waals surface area contributed by atoms with Crippen LogP contribution in [0.2, 0.25) is 0 Å². The fourth-order valence-corrected chi connectivity index (χ4v) is 5.04. The molecule has 1 aliphatic rings. The Morgan fingerprint density at radius 3 is 2.31 bits per heavy atom. The van der Waals surface area contributed by atoms with Gasteiger partial charge in [0.2, 0.25) is 10.0 Å². The largest absolute Gasteiger partial charge is 0.373 e. The van der Waals surface area contributed by atoms with Gasteiger partial charge in [-0.3, -0.25) is 4.79 Å². The van der Waals surface area contributed by atoms with Crippen LogP contribution in [0.5, 0.6) is 0 Å². The Balaban J connectivity index is 1.77. The van der Waals surface area contributed by atoms with Crippen molar-refractivity contribution in [1.29, 1.82) is 0 Å². The van der Waals surface area contributed by atoms with Crippen LogP contribution < -0.4 is 5.32 Å². The Labute approximate surface area is 171 Å². The standard InChI is InChI=1S/C20H28N4O4S/c1-13(2)24-19(10-14(3)22-24)21-20(25)17-6-8-18(9-7-17)29(26,27)23-11-15(4)28-16(5)12-23/h6-10,13,15-16H,11-12H2,1-5H3,(H,21,25)/t15-,16-/m0/s1. The summed E-state index contributed by atoms with van der Waals surface area (Å²) in [6.45, 7) is 10.2. The first-order valence-electron chi connectivity index (χ1n) is 9.71. The van der Waals surface area contributed by atoms with Gasteiger partial charge in [-0.15, -0.1) is 0 Å². The zero-order valence-electron chi connectivity index (χ0n) is 17.4. The maximum atomic E-state index is 12.9. The number of nitrogens with one attached hydrogen (secondary N) is 1. The van der Waals surface area contributed by atoms with Gasteiger partial charge in [0.25, 0.3) is 5.91 Å². The molecule has 1 aliphatic heterocycles. The minimum absolute atomic E-state index is 0.102. The van der Waals surface area contributed by atoms with Gasteiger partial charge in [0, 0.05) is 30.8 Å². The summed E-state index contributed by atoms with van der Waals surface area (Å²) in [6.07, 6.45) is -0.319. The van der Waals surface area contributed by atoms with Crippen LogP contribution in [0.4, 0.5) is 5.82 Å². The molecule has 8 nitrogen and oxygen atoms in total. The molecule has 3 rings (SSSR count). The predicted molar refractivity (Wildman–Crippen MR) is 111 cm³/mol. The maximum Gasteiger partial charge on any atom is 0.256 e. The van der Waals surface area contributed by atoms with E-state index in [0.29, 0.717) is 24.5 Å².